The molecule has 0 heterocycles. The van der Waals surface area contributed by atoms with E-state index in [1.165, 1.54) is 204 Å². The molecule has 6 aromatic carbocycles. The third-order valence-electron chi connectivity index (χ3n) is 20.3. The van der Waals surface area contributed by atoms with E-state index in [2.05, 4.69) is 217 Å². The van der Waals surface area contributed by atoms with Gasteiger partial charge in [-0.1, -0.05) is 329 Å². The zero-order chi connectivity index (χ0) is 57.3. The van der Waals surface area contributed by atoms with Gasteiger partial charge in [0.15, 0.2) is 0 Å². The largest absolute Gasteiger partial charge is 0.0654 e. The molecule has 0 heteroatoms. The summed E-state index contributed by atoms with van der Waals surface area (Å²) in [5.41, 5.74) is 23.4. The van der Waals surface area contributed by atoms with Gasteiger partial charge in [-0.05, 0) is 150 Å². The minimum absolute atomic E-state index is 0.195. The molecule has 6 aromatic rings. The van der Waals surface area contributed by atoms with E-state index in [1.54, 1.807) is 33.4 Å². The van der Waals surface area contributed by atoms with Crippen molar-refractivity contribution in [3.8, 4) is 33.4 Å². The fourth-order valence-corrected chi connectivity index (χ4v) is 15.5. The number of hydrogen-bond donors (Lipinski definition) is 0. The van der Waals surface area contributed by atoms with Crippen molar-refractivity contribution in [2.45, 2.75) is 260 Å². The number of fused-ring (bicyclic) bond motifs is 9. The van der Waals surface area contributed by atoms with Crippen molar-refractivity contribution in [1.82, 2.24) is 0 Å². The van der Waals surface area contributed by atoms with Crippen LogP contribution in [-0.4, -0.2) is 0 Å². The van der Waals surface area contributed by atoms with Crippen LogP contribution in [0.3, 0.4) is 0 Å². The van der Waals surface area contributed by atoms with Crippen LogP contribution < -0.4 is 0 Å². The Balaban J connectivity index is 0.000000174. The molecule has 0 radical (unpaired) electrons. The summed E-state index contributed by atoms with van der Waals surface area (Å²) in [6.45, 7) is 30.4. The minimum atomic E-state index is 0.195. The summed E-state index contributed by atoms with van der Waals surface area (Å²) in [4.78, 5) is 0. The lowest BCUT2D eigenvalue weighted by Gasteiger charge is -2.38. The van der Waals surface area contributed by atoms with Crippen molar-refractivity contribution >= 4 is 0 Å². The summed E-state index contributed by atoms with van der Waals surface area (Å²) in [5, 5.41) is 0. The normalized spacial score (nSPS) is 18.3. The van der Waals surface area contributed by atoms with Gasteiger partial charge in [-0.25, -0.2) is 0 Å². The number of unbranched alkanes of at least 4 members (excludes halogenated alkanes) is 8. The Labute approximate surface area is 492 Å². The maximum Gasteiger partial charge on any atom is 0.0220 e. The molecule has 0 N–H and O–H groups in total. The zero-order valence-corrected chi connectivity index (χ0v) is 53.4. The molecule has 4 unspecified atom stereocenters. The highest BCUT2D eigenvalue weighted by Gasteiger charge is 2.47. The van der Waals surface area contributed by atoms with Gasteiger partial charge in [0.05, 0.1) is 0 Å². The molecule has 9 rings (SSSR count). The van der Waals surface area contributed by atoms with Crippen molar-refractivity contribution in [2.75, 3.05) is 0 Å². The molecule has 432 valence electrons. The average molecular weight is 1070 g/mol. The molecule has 0 spiro atoms. The Kier molecular flexibility index (Phi) is 23.6. The van der Waals surface area contributed by atoms with E-state index in [1.807, 2.05) is 0 Å². The number of hydrogen-bond acceptors (Lipinski definition) is 0. The fraction of sp³-hybridized carbons (Fsp3) is 0.550. The predicted octanol–water partition coefficient (Wildman–Crippen LogP) is 24.8. The van der Waals surface area contributed by atoms with Crippen LogP contribution in [0.1, 0.15) is 273 Å². The van der Waals surface area contributed by atoms with Crippen molar-refractivity contribution in [3.05, 3.63) is 177 Å². The van der Waals surface area contributed by atoms with Gasteiger partial charge in [-0.3, -0.25) is 0 Å². The maximum atomic E-state index is 2.54. The van der Waals surface area contributed by atoms with Crippen molar-refractivity contribution in [2.24, 2.45) is 23.7 Å². The van der Waals surface area contributed by atoms with Crippen LogP contribution in [0, 0.1) is 44.4 Å². The summed E-state index contributed by atoms with van der Waals surface area (Å²) in [6, 6.07) is 49.3. The van der Waals surface area contributed by atoms with Crippen LogP contribution in [0.2, 0.25) is 0 Å². The van der Waals surface area contributed by atoms with Crippen LogP contribution in [0.4, 0.5) is 0 Å². The summed E-state index contributed by atoms with van der Waals surface area (Å²) in [5.74, 6) is 3.11. The topological polar surface area (TPSA) is 0 Å². The first kappa shape index (κ1) is 62.9. The molecule has 0 saturated heterocycles. The van der Waals surface area contributed by atoms with E-state index >= 15 is 0 Å². The van der Waals surface area contributed by atoms with Crippen LogP contribution in [0.25, 0.3) is 33.4 Å². The van der Waals surface area contributed by atoms with Crippen LogP contribution >= 0.6 is 0 Å². The molecule has 0 aromatic heterocycles. The SMILES string of the molecule is CCC(C)CC1(CC(C)CC)c2ccccc2-c2ccc(C)cc21.CCCCC(CC)CC1(CC(CC)CCCC)c2ccccc2-c2ccc(C)cc21.CCCCCCC1(CCCCCC)c2ccccc2-c2ccc(C)cc21. The smallest absolute Gasteiger partial charge is 0.0220 e. The van der Waals surface area contributed by atoms with Crippen LogP contribution in [0.5, 0.6) is 0 Å². The first-order valence-corrected chi connectivity index (χ1v) is 33.5. The third kappa shape index (κ3) is 14.0. The van der Waals surface area contributed by atoms with E-state index in [-0.39, 0.29) is 16.2 Å². The second-order valence-corrected chi connectivity index (χ2v) is 26.3. The van der Waals surface area contributed by atoms with E-state index < -0.39 is 0 Å². The van der Waals surface area contributed by atoms with E-state index in [0.717, 1.165) is 23.7 Å². The summed E-state index contributed by atoms with van der Waals surface area (Å²) in [6.07, 6.45) is 31.8. The van der Waals surface area contributed by atoms with Gasteiger partial charge in [-0.2, -0.15) is 0 Å². The first-order valence-electron chi connectivity index (χ1n) is 33.5. The van der Waals surface area contributed by atoms with Gasteiger partial charge in [0.1, 0.15) is 0 Å². The number of benzene rings is 6. The van der Waals surface area contributed by atoms with E-state index in [4.69, 9.17) is 0 Å². The van der Waals surface area contributed by atoms with Gasteiger partial charge < -0.3 is 0 Å². The van der Waals surface area contributed by atoms with Crippen molar-refractivity contribution < 1.29 is 0 Å². The molecular formula is C80H112. The van der Waals surface area contributed by atoms with Crippen LogP contribution in [0.15, 0.2) is 127 Å². The van der Waals surface area contributed by atoms with E-state index in [0.29, 0.717) is 0 Å². The van der Waals surface area contributed by atoms with Crippen molar-refractivity contribution in [3.63, 3.8) is 0 Å². The second kappa shape index (κ2) is 30.0. The Hall–Kier alpha value is -4.68. The average Bonchev–Trinajstić information content (AvgIpc) is 4.24. The van der Waals surface area contributed by atoms with Gasteiger partial charge in [0, 0.05) is 16.2 Å². The fourth-order valence-electron chi connectivity index (χ4n) is 15.5. The minimum Gasteiger partial charge on any atom is -0.0654 e. The Morgan fingerprint density at radius 1 is 0.300 bits per heavy atom. The van der Waals surface area contributed by atoms with Gasteiger partial charge >= 0.3 is 0 Å². The molecule has 0 fully saturated rings. The highest BCUT2D eigenvalue weighted by atomic mass is 14.5. The lowest BCUT2D eigenvalue weighted by atomic mass is 9.65. The Morgan fingerprint density at radius 2 is 0.613 bits per heavy atom. The summed E-state index contributed by atoms with van der Waals surface area (Å²) in [7, 11) is 0. The molecule has 0 bridgehead atoms. The molecule has 0 nitrogen and oxygen atoms in total. The van der Waals surface area contributed by atoms with Gasteiger partial charge in [-0.15, -0.1) is 0 Å². The number of rotatable bonds is 28. The summed E-state index contributed by atoms with van der Waals surface area (Å²) >= 11 is 0. The zero-order valence-electron chi connectivity index (χ0n) is 53.4. The predicted molar refractivity (Wildman–Crippen MR) is 354 cm³/mol. The molecule has 3 aliphatic rings. The monoisotopic (exact) mass is 1070 g/mol. The molecule has 3 aliphatic carbocycles. The Bertz CT molecular complexity index is 2790. The van der Waals surface area contributed by atoms with Crippen molar-refractivity contribution in [1.29, 1.82) is 0 Å². The lowest BCUT2D eigenvalue weighted by molar-refractivity contribution is 0.266. The highest BCUT2D eigenvalue weighted by molar-refractivity contribution is 5.83. The number of aryl methyl sites for hydroxylation is 3. The molecule has 0 amide bonds. The Morgan fingerprint density at radius 3 is 0.950 bits per heavy atom. The quantitative estimate of drug-likeness (QED) is 0.0430. The van der Waals surface area contributed by atoms with Gasteiger partial charge in [0.2, 0.25) is 0 Å². The highest BCUT2D eigenvalue weighted by Crippen LogP contribution is 2.58. The molecule has 0 aliphatic heterocycles. The molecular weight excluding hydrogens is 961 g/mol. The standard InChI is InChI=1S/C30H44.C26H36.C24H32/c1-6-10-14-24(8-3)21-30(22-25(9-4)15-11-7-2)28-17-13-12-16-26(28)27-19-18-23(5)20-29(27)30;1-4-6-8-12-18-26(19-13-9-7-5-2)24-15-11-10-14-22(24)23-17-16-21(3)20-25(23)26;1-6-17(3)15-24(16-18(4)7-2)22-11-9-8-10-20(22)21-13-12-19(5)14-23(21)24/h12-13,16-20,24-25H,6-11,14-15,21-22H2,1-5H3;10-11,14-17,20H,4-9,12-13,18-19H2,1-3H3;8-14,17-18H,6-7,15-16H2,1-5H3. The second-order valence-electron chi connectivity index (χ2n) is 26.3. The lowest BCUT2D eigenvalue weighted by Crippen LogP contribution is -2.31. The molecule has 4 atom stereocenters. The molecule has 80 heavy (non-hydrogen) atoms. The van der Waals surface area contributed by atoms with Crippen LogP contribution in [-0.2, 0) is 16.2 Å². The summed E-state index contributed by atoms with van der Waals surface area (Å²) < 4.78 is 0. The van der Waals surface area contributed by atoms with Gasteiger partial charge in [0.25, 0.3) is 0 Å². The molecule has 0 saturated carbocycles. The van der Waals surface area contributed by atoms with E-state index in [9.17, 15) is 0 Å². The third-order valence-corrected chi connectivity index (χ3v) is 20.3. The first-order chi connectivity index (χ1) is 38.8. The maximum absolute atomic E-state index is 2.54.